The molecule has 3 rings (SSSR count). The molecule has 1 amide bonds. The number of aryl methyl sites for hydroxylation is 2. The van der Waals surface area contributed by atoms with Crippen molar-refractivity contribution in [1.82, 2.24) is 0 Å². The average molecular weight is 395 g/mol. The number of amides is 1. The molecule has 1 saturated carbocycles. The van der Waals surface area contributed by atoms with Gasteiger partial charge in [-0.15, -0.1) is 0 Å². The molecule has 0 radical (unpaired) electrons. The van der Waals surface area contributed by atoms with Gasteiger partial charge in [0, 0.05) is 5.69 Å². The number of carbonyl (C=O) groups excluding carboxylic acids is 2. The molecule has 5 nitrogen and oxygen atoms in total. The molecule has 1 aliphatic carbocycles. The predicted octanol–water partition coefficient (Wildman–Crippen LogP) is 5.20. The second kappa shape index (κ2) is 9.59. The van der Waals surface area contributed by atoms with Gasteiger partial charge in [0.05, 0.1) is 5.56 Å². The molecule has 0 bridgehead atoms. The van der Waals surface area contributed by atoms with Gasteiger partial charge < -0.3 is 14.8 Å². The molecule has 0 aliphatic heterocycles. The van der Waals surface area contributed by atoms with E-state index in [1.165, 1.54) is 12.0 Å². The fraction of sp³-hybridized carbons (Fsp3) is 0.417. The number of esters is 1. The van der Waals surface area contributed by atoms with Gasteiger partial charge in [-0.3, -0.25) is 4.79 Å². The molecule has 0 heterocycles. The summed E-state index contributed by atoms with van der Waals surface area (Å²) >= 11 is 0. The Kier molecular flexibility index (Phi) is 6.91. The molecule has 2 aromatic carbocycles. The quantitative estimate of drug-likeness (QED) is 0.683. The van der Waals surface area contributed by atoms with E-state index < -0.39 is 6.10 Å². The Morgan fingerprint density at radius 3 is 2.31 bits per heavy atom. The first-order valence-corrected chi connectivity index (χ1v) is 10.3. The van der Waals surface area contributed by atoms with Crippen LogP contribution in [-0.4, -0.2) is 24.1 Å². The first kappa shape index (κ1) is 20.9. The Balaban J connectivity index is 1.53. The fourth-order valence-corrected chi connectivity index (χ4v) is 3.38. The lowest BCUT2D eigenvalue weighted by atomic mass is 9.98. The molecule has 1 fully saturated rings. The summed E-state index contributed by atoms with van der Waals surface area (Å²) in [5.74, 6) is 0.110. The Labute approximate surface area is 172 Å². The molecule has 1 unspecified atom stereocenters. The Morgan fingerprint density at radius 1 is 0.966 bits per heavy atom. The van der Waals surface area contributed by atoms with Crippen LogP contribution in [0.3, 0.4) is 0 Å². The van der Waals surface area contributed by atoms with E-state index in [-0.39, 0.29) is 18.0 Å². The minimum Gasteiger partial charge on any atom is -0.481 e. The minimum absolute atomic E-state index is 0.0269. The van der Waals surface area contributed by atoms with Crippen molar-refractivity contribution in [3.05, 3.63) is 59.2 Å². The highest BCUT2D eigenvalue weighted by Gasteiger charge is 2.19. The SMILES string of the molecule is Cc1ccc(OC(C)C(=O)Nc2ccc(C(=O)OC3CCCCC3)cc2)cc1C. The fourth-order valence-electron chi connectivity index (χ4n) is 3.38. The summed E-state index contributed by atoms with van der Waals surface area (Å²) in [5.41, 5.74) is 3.40. The third-order valence-electron chi connectivity index (χ3n) is 5.37. The lowest BCUT2D eigenvalue weighted by Gasteiger charge is -2.21. The molecule has 0 spiro atoms. The Morgan fingerprint density at radius 2 is 1.66 bits per heavy atom. The van der Waals surface area contributed by atoms with Crippen LogP contribution in [0.15, 0.2) is 42.5 Å². The van der Waals surface area contributed by atoms with E-state index in [9.17, 15) is 9.59 Å². The van der Waals surface area contributed by atoms with Gasteiger partial charge in [0.2, 0.25) is 0 Å². The number of nitrogens with one attached hydrogen (secondary N) is 1. The maximum absolute atomic E-state index is 12.4. The van der Waals surface area contributed by atoms with Crippen LogP contribution in [-0.2, 0) is 9.53 Å². The zero-order chi connectivity index (χ0) is 20.8. The molecule has 1 atom stereocenters. The highest BCUT2D eigenvalue weighted by atomic mass is 16.5. The number of rotatable bonds is 6. The highest BCUT2D eigenvalue weighted by Crippen LogP contribution is 2.22. The lowest BCUT2D eigenvalue weighted by Crippen LogP contribution is -2.30. The Bertz CT molecular complexity index is 854. The van der Waals surface area contributed by atoms with Crippen molar-refractivity contribution in [3.63, 3.8) is 0 Å². The molecule has 29 heavy (non-hydrogen) atoms. The van der Waals surface area contributed by atoms with Gasteiger partial charge in [0.25, 0.3) is 5.91 Å². The molecular formula is C24H29NO4. The van der Waals surface area contributed by atoms with Crippen molar-refractivity contribution in [1.29, 1.82) is 0 Å². The number of hydrogen-bond donors (Lipinski definition) is 1. The summed E-state index contributed by atoms with van der Waals surface area (Å²) < 4.78 is 11.3. The van der Waals surface area contributed by atoms with E-state index in [1.54, 1.807) is 31.2 Å². The highest BCUT2D eigenvalue weighted by molar-refractivity contribution is 5.95. The van der Waals surface area contributed by atoms with Crippen LogP contribution in [0, 0.1) is 13.8 Å². The van der Waals surface area contributed by atoms with Crippen molar-refractivity contribution < 1.29 is 19.1 Å². The molecular weight excluding hydrogens is 366 g/mol. The minimum atomic E-state index is -0.645. The summed E-state index contributed by atoms with van der Waals surface area (Å²) in [6.07, 6.45) is 4.72. The first-order chi connectivity index (χ1) is 13.9. The third kappa shape index (κ3) is 5.83. The van der Waals surface area contributed by atoms with Crippen LogP contribution < -0.4 is 10.1 Å². The molecule has 154 valence electrons. The average Bonchev–Trinajstić information content (AvgIpc) is 2.72. The van der Waals surface area contributed by atoms with E-state index in [4.69, 9.17) is 9.47 Å². The number of benzene rings is 2. The van der Waals surface area contributed by atoms with Crippen molar-refractivity contribution in [2.75, 3.05) is 5.32 Å². The monoisotopic (exact) mass is 395 g/mol. The summed E-state index contributed by atoms with van der Waals surface area (Å²) in [5, 5.41) is 2.82. The van der Waals surface area contributed by atoms with Crippen LogP contribution in [0.1, 0.15) is 60.5 Å². The maximum Gasteiger partial charge on any atom is 0.338 e. The molecule has 1 N–H and O–H groups in total. The summed E-state index contributed by atoms with van der Waals surface area (Å²) in [6, 6.07) is 12.5. The van der Waals surface area contributed by atoms with E-state index in [0.29, 0.717) is 17.0 Å². The molecule has 0 saturated heterocycles. The number of carbonyl (C=O) groups is 2. The molecule has 1 aliphatic rings. The van der Waals surface area contributed by atoms with Crippen LogP contribution >= 0.6 is 0 Å². The Hall–Kier alpha value is -2.82. The maximum atomic E-state index is 12.4. The summed E-state index contributed by atoms with van der Waals surface area (Å²) in [7, 11) is 0. The van der Waals surface area contributed by atoms with E-state index in [2.05, 4.69) is 5.32 Å². The van der Waals surface area contributed by atoms with Crippen LogP contribution in [0.2, 0.25) is 0 Å². The van der Waals surface area contributed by atoms with Gasteiger partial charge in [0.1, 0.15) is 11.9 Å². The number of anilines is 1. The van der Waals surface area contributed by atoms with Crippen molar-refractivity contribution in [3.8, 4) is 5.75 Å². The van der Waals surface area contributed by atoms with E-state index in [1.807, 2.05) is 32.0 Å². The van der Waals surface area contributed by atoms with Gasteiger partial charge in [-0.2, -0.15) is 0 Å². The van der Waals surface area contributed by atoms with Gasteiger partial charge in [-0.05, 0) is 94.0 Å². The van der Waals surface area contributed by atoms with Crippen LogP contribution in [0.25, 0.3) is 0 Å². The molecule has 5 heteroatoms. The van der Waals surface area contributed by atoms with Gasteiger partial charge in [0.15, 0.2) is 6.10 Å². The largest absolute Gasteiger partial charge is 0.481 e. The van der Waals surface area contributed by atoms with Crippen LogP contribution in [0.5, 0.6) is 5.75 Å². The number of hydrogen-bond acceptors (Lipinski definition) is 4. The second-order valence-electron chi connectivity index (χ2n) is 7.74. The second-order valence-corrected chi connectivity index (χ2v) is 7.74. The lowest BCUT2D eigenvalue weighted by molar-refractivity contribution is -0.122. The van der Waals surface area contributed by atoms with E-state index >= 15 is 0 Å². The topological polar surface area (TPSA) is 64.6 Å². The number of ether oxygens (including phenoxy) is 2. The van der Waals surface area contributed by atoms with Crippen molar-refractivity contribution in [2.45, 2.75) is 65.1 Å². The zero-order valence-corrected chi connectivity index (χ0v) is 17.4. The normalized spacial score (nSPS) is 15.4. The standard InChI is InChI=1S/C24H29NO4/c1-16-9-14-22(15-17(16)2)28-18(3)23(26)25-20-12-10-19(11-13-20)24(27)29-21-7-5-4-6-8-21/h9-15,18,21H,4-8H2,1-3H3,(H,25,26). The summed E-state index contributed by atoms with van der Waals surface area (Å²) in [6.45, 7) is 5.75. The van der Waals surface area contributed by atoms with Crippen molar-refractivity contribution >= 4 is 17.6 Å². The van der Waals surface area contributed by atoms with Gasteiger partial charge >= 0.3 is 5.97 Å². The smallest absolute Gasteiger partial charge is 0.338 e. The predicted molar refractivity (Wildman–Crippen MR) is 113 cm³/mol. The van der Waals surface area contributed by atoms with E-state index in [0.717, 1.165) is 31.2 Å². The van der Waals surface area contributed by atoms with Crippen molar-refractivity contribution in [2.24, 2.45) is 0 Å². The first-order valence-electron chi connectivity index (χ1n) is 10.3. The van der Waals surface area contributed by atoms with Gasteiger partial charge in [-0.1, -0.05) is 12.5 Å². The third-order valence-corrected chi connectivity index (χ3v) is 5.37. The summed E-state index contributed by atoms with van der Waals surface area (Å²) in [4.78, 5) is 24.7. The van der Waals surface area contributed by atoms with Gasteiger partial charge in [-0.25, -0.2) is 4.79 Å². The molecule has 0 aromatic heterocycles. The van der Waals surface area contributed by atoms with Crippen LogP contribution in [0.4, 0.5) is 5.69 Å². The molecule has 2 aromatic rings. The zero-order valence-electron chi connectivity index (χ0n) is 17.4.